The molecule has 3 heteroatoms. The van der Waals surface area contributed by atoms with E-state index in [-0.39, 0.29) is 0 Å². The fraction of sp³-hybridized carbons (Fsp3) is 1.00. The highest BCUT2D eigenvalue weighted by Gasteiger charge is 2.33. The molecule has 0 aromatic rings. The summed E-state index contributed by atoms with van der Waals surface area (Å²) in [7, 11) is 0. The van der Waals surface area contributed by atoms with Crippen molar-refractivity contribution in [2.75, 3.05) is 26.3 Å². The van der Waals surface area contributed by atoms with Gasteiger partial charge in [-0.05, 0) is 38.5 Å². The zero-order valence-corrected chi connectivity index (χ0v) is 12.3. The van der Waals surface area contributed by atoms with E-state index in [0.29, 0.717) is 6.04 Å². The SMILES string of the molecule is CCC1CN(C(C)C2CCOCC2)C(CC)CN1. The molecule has 3 atom stereocenters. The third-order valence-electron chi connectivity index (χ3n) is 4.98. The van der Waals surface area contributed by atoms with Gasteiger partial charge in [0, 0.05) is 44.4 Å². The Morgan fingerprint density at radius 2 is 1.94 bits per heavy atom. The monoisotopic (exact) mass is 254 g/mol. The summed E-state index contributed by atoms with van der Waals surface area (Å²) in [6, 6.07) is 2.13. The van der Waals surface area contributed by atoms with Crippen molar-refractivity contribution in [3.05, 3.63) is 0 Å². The first kappa shape index (κ1) is 14.3. The van der Waals surface area contributed by atoms with Gasteiger partial charge in [0.15, 0.2) is 0 Å². The third-order valence-corrected chi connectivity index (χ3v) is 4.98. The van der Waals surface area contributed by atoms with Gasteiger partial charge in [-0.3, -0.25) is 4.90 Å². The predicted octanol–water partition coefficient (Wildman–Crippen LogP) is 2.26. The van der Waals surface area contributed by atoms with E-state index in [1.165, 1.54) is 38.8 Å². The Labute approximate surface area is 112 Å². The predicted molar refractivity (Wildman–Crippen MR) is 75.9 cm³/mol. The Balaban J connectivity index is 1.97. The van der Waals surface area contributed by atoms with Crippen LogP contribution in [0.1, 0.15) is 46.5 Å². The van der Waals surface area contributed by atoms with Crippen LogP contribution in [-0.4, -0.2) is 49.3 Å². The van der Waals surface area contributed by atoms with Crippen LogP contribution in [0.3, 0.4) is 0 Å². The minimum atomic E-state index is 0.690. The van der Waals surface area contributed by atoms with E-state index >= 15 is 0 Å². The molecule has 0 aliphatic carbocycles. The maximum atomic E-state index is 5.50. The van der Waals surface area contributed by atoms with E-state index in [1.54, 1.807) is 0 Å². The third kappa shape index (κ3) is 3.25. The summed E-state index contributed by atoms with van der Waals surface area (Å²) in [6.07, 6.45) is 5.00. The molecule has 0 amide bonds. The van der Waals surface area contributed by atoms with Gasteiger partial charge in [0.05, 0.1) is 0 Å². The van der Waals surface area contributed by atoms with Crippen LogP contribution in [0.5, 0.6) is 0 Å². The molecule has 106 valence electrons. The average molecular weight is 254 g/mol. The maximum absolute atomic E-state index is 5.50. The number of nitrogens with zero attached hydrogens (tertiary/aromatic N) is 1. The molecule has 0 radical (unpaired) electrons. The Morgan fingerprint density at radius 3 is 2.56 bits per heavy atom. The number of hydrogen-bond donors (Lipinski definition) is 1. The molecule has 2 aliphatic rings. The van der Waals surface area contributed by atoms with Crippen LogP contribution in [0, 0.1) is 5.92 Å². The fourth-order valence-electron chi connectivity index (χ4n) is 3.51. The van der Waals surface area contributed by atoms with E-state index in [9.17, 15) is 0 Å². The lowest BCUT2D eigenvalue weighted by molar-refractivity contribution is 0.00284. The van der Waals surface area contributed by atoms with Crippen LogP contribution >= 0.6 is 0 Å². The van der Waals surface area contributed by atoms with Crippen LogP contribution in [0.2, 0.25) is 0 Å². The number of hydrogen-bond acceptors (Lipinski definition) is 3. The Morgan fingerprint density at radius 1 is 1.22 bits per heavy atom. The zero-order valence-electron chi connectivity index (χ0n) is 12.3. The van der Waals surface area contributed by atoms with Crippen molar-refractivity contribution < 1.29 is 4.74 Å². The Bertz CT molecular complexity index is 241. The maximum Gasteiger partial charge on any atom is 0.0469 e. The highest BCUT2D eigenvalue weighted by atomic mass is 16.5. The molecule has 3 nitrogen and oxygen atoms in total. The molecule has 3 unspecified atom stereocenters. The summed E-state index contributed by atoms with van der Waals surface area (Å²) in [5.74, 6) is 0.836. The summed E-state index contributed by atoms with van der Waals surface area (Å²) < 4.78 is 5.50. The molecular formula is C15H30N2O. The molecule has 0 saturated carbocycles. The molecule has 2 saturated heterocycles. The highest BCUT2D eigenvalue weighted by molar-refractivity contribution is 4.90. The van der Waals surface area contributed by atoms with Gasteiger partial charge < -0.3 is 10.1 Å². The zero-order chi connectivity index (χ0) is 13.0. The number of ether oxygens (including phenoxy) is 1. The lowest BCUT2D eigenvalue weighted by atomic mass is 9.89. The van der Waals surface area contributed by atoms with Crippen LogP contribution in [0.4, 0.5) is 0 Å². The lowest BCUT2D eigenvalue weighted by Crippen LogP contribution is -2.60. The van der Waals surface area contributed by atoms with Crippen LogP contribution in [-0.2, 0) is 4.74 Å². The van der Waals surface area contributed by atoms with Crippen molar-refractivity contribution in [1.29, 1.82) is 0 Å². The van der Waals surface area contributed by atoms with E-state index < -0.39 is 0 Å². The van der Waals surface area contributed by atoms with Crippen LogP contribution in [0.25, 0.3) is 0 Å². The van der Waals surface area contributed by atoms with Crippen molar-refractivity contribution >= 4 is 0 Å². The molecule has 0 bridgehead atoms. The van der Waals surface area contributed by atoms with E-state index in [1.807, 2.05) is 0 Å². The van der Waals surface area contributed by atoms with Gasteiger partial charge >= 0.3 is 0 Å². The molecule has 18 heavy (non-hydrogen) atoms. The molecular weight excluding hydrogens is 224 g/mol. The lowest BCUT2D eigenvalue weighted by Gasteiger charge is -2.46. The van der Waals surface area contributed by atoms with E-state index in [0.717, 1.165) is 31.2 Å². The highest BCUT2D eigenvalue weighted by Crippen LogP contribution is 2.26. The standard InChI is InChI=1S/C15H30N2O/c1-4-14-11-17(15(5-2)10-16-14)12(3)13-6-8-18-9-7-13/h12-16H,4-11H2,1-3H3. The van der Waals surface area contributed by atoms with E-state index in [2.05, 4.69) is 31.0 Å². The van der Waals surface area contributed by atoms with Crippen LogP contribution < -0.4 is 5.32 Å². The molecule has 0 aromatic heterocycles. The first-order valence-corrected chi connectivity index (χ1v) is 7.83. The van der Waals surface area contributed by atoms with Gasteiger partial charge in [0.2, 0.25) is 0 Å². The van der Waals surface area contributed by atoms with Gasteiger partial charge in [-0.1, -0.05) is 13.8 Å². The smallest absolute Gasteiger partial charge is 0.0469 e. The molecule has 2 fully saturated rings. The molecule has 2 aliphatic heterocycles. The molecule has 2 heterocycles. The largest absolute Gasteiger partial charge is 0.381 e. The second kappa shape index (κ2) is 6.88. The van der Waals surface area contributed by atoms with Crippen molar-refractivity contribution in [2.45, 2.75) is 64.6 Å². The Hall–Kier alpha value is -0.120. The summed E-state index contributed by atoms with van der Waals surface area (Å²) in [5, 5.41) is 3.69. The number of nitrogens with one attached hydrogen (secondary N) is 1. The average Bonchev–Trinajstić information content (AvgIpc) is 2.46. The van der Waals surface area contributed by atoms with Gasteiger partial charge in [-0.2, -0.15) is 0 Å². The first-order chi connectivity index (χ1) is 8.76. The second-order valence-electron chi connectivity index (χ2n) is 5.96. The molecule has 0 aromatic carbocycles. The van der Waals surface area contributed by atoms with Crippen molar-refractivity contribution in [3.63, 3.8) is 0 Å². The minimum absolute atomic E-state index is 0.690. The Kier molecular flexibility index (Phi) is 5.46. The molecule has 0 spiro atoms. The normalized spacial score (nSPS) is 33.5. The number of rotatable bonds is 4. The second-order valence-corrected chi connectivity index (χ2v) is 5.96. The van der Waals surface area contributed by atoms with E-state index in [4.69, 9.17) is 4.74 Å². The summed E-state index contributed by atoms with van der Waals surface area (Å²) in [5.41, 5.74) is 0. The van der Waals surface area contributed by atoms with Crippen LogP contribution in [0.15, 0.2) is 0 Å². The van der Waals surface area contributed by atoms with Crippen molar-refractivity contribution in [1.82, 2.24) is 10.2 Å². The molecule has 2 rings (SSSR count). The topological polar surface area (TPSA) is 24.5 Å². The fourth-order valence-corrected chi connectivity index (χ4v) is 3.51. The van der Waals surface area contributed by atoms with Gasteiger partial charge in [0.1, 0.15) is 0 Å². The van der Waals surface area contributed by atoms with Gasteiger partial charge in [0.25, 0.3) is 0 Å². The summed E-state index contributed by atoms with van der Waals surface area (Å²) in [4.78, 5) is 2.78. The number of piperazine rings is 1. The molecule has 1 N–H and O–H groups in total. The van der Waals surface area contributed by atoms with Gasteiger partial charge in [-0.15, -0.1) is 0 Å². The van der Waals surface area contributed by atoms with Gasteiger partial charge in [-0.25, -0.2) is 0 Å². The first-order valence-electron chi connectivity index (χ1n) is 7.83. The van der Waals surface area contributed by atoms with Crippen molar-refractivity contribution in [2.24, 2.45) is 5.92 Å². The van der Waals surface area contributed by atoms with Crippen molar-refractivity contribution in [3.8, 4) is 0 Å². The summed E-state index contributed by atoms with van der Waals surface area (Å²) >= 11 is 0. The summed E-state index contributed by atoms with van der Waals surface area (Å²) in [6.45, 7) is 11.4. The quantitative estimate of drug-likeness (QED) is 0.833. The minimum Gasteiger partial charge on any atom is -0.381 e.